The zero-order chi connectivity index (χ0) is 15.2. The summed E-state index contributed by atoms with van der Waals surface area (Å²) in [6, 6.07) is 7.16. The van der Waals surface area contributed by atoms with E-state index >= 15 is 0 Å². The fourth-order valence-electron chi connectivity index (χ4n) is 2.22. The fourth-order valence-corrected chi connectivity index (χ4v) is 2.60. The smallest absolute Gasteiger partial charge is 0.245 e. The van der Waals surface area contributed by atoms with Crippen LogP contribution in [0.2, 0.25) is 0 Å². The summed E-state index contributed by atoms with van der Waals surface area (Å²) in [6.07, 6.45) is 0.951. The Hall–Kier alpha value is -1.56. The molecule has 5 nitrogen and oxygen atoms in total. The summed E-state index contributed by atoms with van der Waals surface area (Å²) in [7, 11) is 0. The van der Waals surface area contributed by atoms with Gasteiger partial charge >= 0.3 is 0 Å². The lowest BCUT2D eigenvalue weighted by molar-refractivity contribution is -0.133. The van der Waals surface area contributed by atoms with E-state index in [0.717, 1.165) is 10.2 Å². The quantitative estimate of drug-likeness (QED) is 0.879. The lowest BCUT2D eigenvalue weighted by Gasteiger charge is -2.23. The van der Waals surface area contributed by atoms with E-state index in [1.54, 1.807) is 4.90 Å². The molecule has 2 amide bonds. The van der Waals surface area contributed by atoms with E-state index in [4.69, 9.17) is 4.74 Å². The minimum absolute atomic E-state index is 0.0267. The number of halogens is 1. The summed E-state index contributed by atoms with van der Waals surface area (Å²) in [5.74, 6) is 0.666. The summed E-state index contributed by atoms with van der Waals surface area (Å²) < 4.78 is 6.60. The first kappa shape index (κ1) is 15.8. The average Bonchev–Trinajstić information content (AvgIpc) is 2.60. The highest BCUT2D eigenvalue weighted by atomic mass is 79.9. The van der Waals surface area contributed by atoms with Crippen LogP contribution >= 0.6 is 15.9 Å². The van der Waals surface area contributed by atoms with Crippen molar-refractivity contribution < 1.29 is 14.3 Å². The molecule has 1 N–H and O–H groups in total. The monoisotopic (exact) mass is 354 g/mol. The summed E-state index contributed by atoms with van der Waals surface area (Å²) in [4.78, 5) is 25.5. The predicted molar refractivity (Wildman–Crippen MR) is 83.1 cm³/mol. The van der Waals surface area contributed by atoms with Crippen LogP contribution in [0.15, 0.2) is 28.7 Å². The first-order chi connectivity index (χ1) is 10.1. The van der Waals surface area contributed by atoms with Crippen LogP contribution in [0.3, 0.4) is 0 Å². The highest BCUT2D eigenvalue weighted by molar-refractivity contribution is 9.10. The SMILES string of the molecule is CCC1NC(=O)CCN(CCOc2cccc(Br)c2)C1=O. The number of amides is 2. The molecule has 1 aromatic rings. The van der Waals surface area contributed by atoms with Gasteiger partial charge in [0, 0.05) is 17.4 Å². The van der Waals surface area contributed by atoms with Crippen molar-refractivity contribution in [2.24, 2.45) is 0 Å². The topological polar surface area (TPSA) is 58.6 Å². The van der Waals surface area contributed by atoms with Crippen LogP contribution in [-0.2, 0) is 9.59 Å². The number of hydrogen-bond donors (Lipinski definition) is 1. The van der Waals surface area contributed by atoms with Crippen LogP contribution < -0.4 is 10.1 Å². The molecule has 0 aromatic heterocycles. The van der Waals surface area contributed by atoms with E-state index in [9.17, 15) is 9.59 Å². The number of rotatable bonds is 5. The van der Waals surface area contributed by atoms with E-state index in [1.807, 2.05) is 31.2 Å². The van der Waals surface area contributed by atoms with Gasteiger partial charge in [0.25, 0.3) is 0 Å². The van der Waals surface area contributed by atoms with Crippen LogP contribution in [0.25, 0.3) is 0 Å². The van der Waals surface area contributed by atoms with Crippen molar-refractivity contribution in [2.45, 2.75) is 25.8 Å². The summed E-state index contributed by atoms with van der Waals surface area (Å²) >= 11 is 3.38. The average molecular weight is 355 g/mol. The molecule has 1 saturated heterocycles. The van der Waals surface area contributed by atoms with Gasteiger partial charge in [-0.15, -0.1) is 0 Å². The molecule has 1 fully saturated rings. The van der Waals surface area contributed by atoms with Crippen molar-refractivity contribution in [3.8, 4) is 5.75 Å². The second-order valence-electron chi connectivity index (χ2n) is 4.91. The summed E-state index contributed by atoms with van der Waals surface area (Å²) in [5, 5.41) is 2.75. The van der Waals surface area contributed by atoms with Crippen LogP contribution in [0.5, 0.6) is 5.75 Å². The third-order valence-electron chi connectivity index (χ3n) is 3.39. The van der Waals surface area contributed by atoms with Crippen molar-refractivity contribution in [3.05, 3.63) is 28.7 Å². The van der Waals surface area contributed by atoms with Gasteiger partial charge in [0.05, 0.1) is 6.54 Å². The van der Waals surface area contributed by atoms with Crippen molar-refractivity contribution in [1.82, 2.24) is 10.2 Å². The maximum atomic E-state index is 12.3. The van der Waals surface area contributed by atoms with E-state index in [2.05, 4.69) is 21.2 Å². The Morgan fingerprint density at radius 2 is 2.24 bits per heavy atom. The van der Waals surface area contributed by atoms with Crippen LogP contribution in [0.1, 0.15) is 19.8 Å². The minimum Gasteiger partial charge on any atom is -0.492 e. The number of carbonyl (C=O) groups is 2. The van der Waals surface area contributed by atoms with Gasteiger partial charge in [-0.1, -0.05) is 28.9 Å². The standard InChI is InChI=1S/C15H19BrN2O3/c1-2-13-15(20)18(7-6-14(19)17-13)8-9-21-12-5-3-4-11(16)10-12/h3-5,10,13H,2,6-9H2,1H3,(H,17,19). The number of carbonyl (C=O) groups excluding carboxylic acids is 2. The Morgan fingerprint density at radius 3 is 2.95 bits per heavy atom. The summed E-state index contributed by atoms with van der Waals surface area (Å²) in [6.45, 7) is 3.23. The van der Waals surface area contributed by atoms with Gasteiger partial charge in [0.15, 0.2) is 0 Å². The van der Waals surface area contributed by atoms with Gasteiger partial charge in [-0.25, -0.2) is 0 Å². The van der Waals surface area contributed by atoms with Crippen LogP contribution in [0.4, 0.5) is 0 Å². The number of nitrogens with zero attached hydrogens (tertiary/aromatic N) is 1. The first-order valence-corrected chi connectivity index (χ1v) is 7.86. The molecule has 0 saturated carbocycles. The normalized spacial score (nSPS) is 19.1. The molecule has 0 aliphatic carbocycles. The van der Waals surface area contributed by atoms with E-state index in [-0.39, 0.29) is 11.8 Å². The van der Waals surface area contributed by atoms with Gasteiger partial charge in [0.2, 0.25) is 11.8 Å². The molecule has 114 valence electrons. The fraction of sp³-hybridized carbons (Fsp3) is 0.467. The molecule has 1 aliphatic heterocycles. The Bertz CT molecular complexity index is 521. The second-order valence-corrected chi connectivity index (χ2v) is 5.83. The van der Waals surface area contributed by atoms with Crippen LogP contribution in [-0.4, -0.2) is 42.5 Å². The molecule has 1 unspecified atom stereocenters. The third kappa shape index (κ3) is 4.46. The van der Waals surface area contributed by atoms with Gasteiger partial charge < -0.3 is 15.0 Å². The van der Waals surface area contributed by atoms with E-state index in [0.29, 0.717) is 32.5 Å². The minimum atomic E-state index is -0.411. The molecule has 0 radical (unpaired) electrons. The van der Waals surface area contributed by atoms with Gasteiger partial charge in [-0.3, -0.25) is 9.59 Å². The maximum absolute atomic E-state index is 12.3. The molecular weight excluding hydrogens is 336 g/mol. The molecule has 1 atom stereocenters. The van der Waals surface area contributed by atoms with Gasteiger partial charge in [0.1, 0.15) is 18.4 Å². The van der Waals surface area contributed by atoms with E-state index in [1.165, 1.54) is 0 Å². The molecule has 1 heterocycles. The largest absolute Gasteiger partial charge is 0.492 e. The highest BCUT2D eigenvalue weighted by Crippen LogP contribution is 2.17. The Balaban J connectivity index is 1.89. The molecule has 21 heavy (non-hydrogen) atoms. The Morgan fingerprint density at radius 1 is 1.43 bits per heavy atom. The molecular formula is C15H19BrN2O3. The summed E-state index contributed by atoms with van der Waals surface area (Å²) in [5.41, 5.74) is 0. The van der Waals surface area contributed by atoms with Gasteiger partial charge in [-0.05, 0) is 24.6 Å². The number of benzene rings is 1. The molecule has 6 heteroatoms. The third-order valence-corrected chi connectivity index (χ3v) is 3.88. The van der Waals surface area contributed by atoms with Crippen molar-refractivity contribution >= 4 is 27.7 Å². The first-order valence-electron chi connectivity index (χ1n) is 7.06. The zero-order valence-electron chi connectivity index (χ0n) is 12.0. The lowest BCUT2D eigenvalue weighted by atomic mass is 10.2. The maximum Gasteiger partial charge on any atom is 0.245 e. The zero-order valence-corrected chi connectivity index (χ0v) is 13.6. The lowest BCUT2D eigenvalue weighted by Crippen LogP contribution is -2.45. The number of ether oxygens (including phenoxy) is 1. The molecule has 0 bridgehead atoms. The molecule has 0 spiro atoms. The number of hydrogen-bond acceptors (Lipinski definition) is 3. The van der Waals surface area contributed by atoms with Crippen molar-refractivity contribution in [3.63, 3.8) is 0 Å². The molecule has 1 aliphatic rings. The Kier molecular flexibility index (Phi) is 5.61. The second kappa shape index (κ2) is 7.45. The van der Waals surface area contributed by atoms with Crippen LogP contribution in [0, 0.1) is 0 Å². The predicted octanol–water partition coefficient (Wildman–Crippen LogP) is 1.95. The molecule has 1 aromatic carbocycles. The molecule has 2 rings (SSSR count). The van der Waals surface area contributed by atoms with Gasteiger partial charge in [-0.2, -0.15) is 0 Å². The highest BCUT2D eigenvalue weighted by Gasteiger charge is 2.28. The number of nitrogens with one attached hydrogen (secondary N) is 1. The Labute approximate surface area is 132 Å². The van der Waals surface area contributed by atoms with Crippen molar-refractivity contribution in [2.75, 3.05) is 19.7 Å². The van der Waals surface area contributed by atoms with E-state index < -0.39 is 6.04 Å². The van der Waals surface area contributed by atoms with Crippen molar-refractivity contribution in [1.29, 1.82) is 0 Å².